The van der Waals surface area contributed by atoms with Crippen LogP contribution in [-0.4, -0.2) is 10.5 Å². The number of thiophene rings is 1. The number of pyridine rings is 1. The summed E-state index contributed by atoms with van der Waals surface area (Å²) < 4.78 is 2.55. The quantitative estimate of drug-likeness (QED) is 0.767. The van der Waals surface area contributed by atoms with Gasteiger partial charge in [-0.15, -0.1) is 11.3 Å². The number of amides is 1. The minimum Gasteiger partial charge on any atom is -0.348 e. The number of halogens is 1. The minimum absolute atomic E-state index is 0.00342. The van der Waals surface area contributed by atoms with Gasteiger partial charge in [-0.3, -0.25) is 9.59 Å². The SMILES string of the molecule is Cc1cc(=O)c2sccc2n1CC(=O)NC(C)c1ccc(Cl)cc1. The molecule has 0 fully saturated rings. The van der Waals surface area contributed by atoms with Crippen LogP contribution in [-0.2, 0) is 11.3 Å². The van der Waals surface area contributed by atoms with Gasteiger partial charge in [0.2, 0.25) is 5.91 Å². The van der Waals surface area contributed by atoms with Crippen LogP contribution in [0.15, 0.2) is 46.6 Å². The molecular formula is C18H17ClN2O2S. The van der Waals surface area contributed by atoms with Gasteiger partial charge in [-0.25, -0.2) is 0 Å². The highest BCUT2D eigenvalue weighted by molar-refractivity contribution is 7.17. The Morgan fingerprint density at radius 1 is 1.29 bits per heavy atom. The Hall–Kier alpha value is -2.11. The van der Waals surface area contributed by atoms with E-state index >= 15 is 0 Å². The summed E-state index contributed by atoms with van der Waals surface area (Å²) in [4.78, 5) is 24.4. The molecule has 2 aromatic heterocycles. The molecule has 0 saturated carbocycles. The highest BCUT2D eigenvalue weighted by Gasteiger charge is 2.13. The number of aromatic nitrogens is 1. The van der Waals surface area contributed by atoms with Crippen molar-refractivity contribution < 1.29 is 4.79 Å². The maximum atomic E-state index is 12.4. The van der Waals surface area contributed by atoms with Crippen molar-refractivity contribution in [3.63, 3.8) is 0 Å². The number of nitrogens with one attached hydrogen (secondary N) is 1. The van der Waals surface area contributed by atoms with Gasteiger partial charge in [-0.05, 0) is 43.0 Å². The molecule has 3 aromatic rings. The first-order chi connectivity index (χ1) is 11.5. The predicted molar refractivity (Wildman–Crippen MR) is 98.8 cm³/mol. The van der Waals surface area contributed by atoms with Crippen LogP contribution in [0, 0.1) is 6.92 Å². The summed E-state index contributed by atoms with van der Waals surface area (Å²) in [7, 11) is 0. The first-order valence-corrected chi connectivity index (χ1v) is 8.84. The van der Waals surface area contributed by atoms with Gasteiger partial charge in [-0.1, -0.05) is 23.7 Å². The summed E-state index contributed by atoms with van der Waals surface area (Å²) in [6.07, 6.45) is 0. The molecule has 0 aliphatic carbocycles. The third-order valence-corrected chi connectivity index (χ3v) is 5.14. The summed E-state index contributed by atoms with van der Waals surface area (Å²) in [6.45, 7) is 3.95. The molecule has 0 saturated heterocycles. The molecule has 0 spiro atoms. The fourth-order valence-corrected chi connectivity index (χ4v) is 3.63. The van der Waals surface area contributed by atoms with Crippen LogP contribution < -0.4 is 10.7 Å². The molecule has 24 heavy (non-hydrogen) atoms. The van der Waals surface area contributed by atoms with Crippen molar-refractivity contribution in [2.75, 3.05) is 0 Å². The Morgan fingerprint density at radius 2 is 2.00 bits per heavy atom. The van der Waals surface area contributed by atoms with Crippen LogP contribution in [0.25, 0.3) is 10.2 Å². The second kappa shape index (κ2) is 6.79. The van der Waals surface area contributed by atoms with Crippen LogP contribution in [0.5, 0.6) is 0 Å². The van der Waals surface area contributed by atoms with E-state index in [2.05, 4.69) is 5.32 Å². The Balaban J connectivity index is 1.79. The molecular weight excluding hydrogens is 344 g/mol. The number of carbonyl (C=O) groups is 1. The van der Waals surface area contributed by atoms with Crippen molar-refractivity contribution in [3.8, 4) is 0 Å². The van der Waals surface area contributed by atoms with Gasteiger partial charge < -0.3 is 9.88 Å². The normalized spacial score (nSPS) is 12.3. The molecule has 1 unspecified atom stereocenters. The molecule has 2 heterocycles. The molecule has 1 atom stereocenters. The van der Waals surface area contributed by atoms with Gasteiger partial charge in [0.15, 0.2) is 5.43 Å². The molecule has 0 bridgehead atoms. The number of rotatable bonds is 4. The number of benzene rings is 1. The third kappa shape index (κ3) is 3.37. The van der Waals surface area contributed by atoms with E-state index < -0.39 is 0 Å². The smallest absolute Gasteiger partial charge is 0.240 e. The standard InChI is InChI=1S/C18H17ClN2O2S/c1-11-9-16(22)18-15(7-8-24-18)21(11)10-17(23)20-12(2)13-3-5-14(19)6-4-13/h3-9,12H,10H2,1-2H3,(H,20,23). The monoisotopic (exact) mass is 360 g/mol. The summed E-state index contributed by atoms with van der Waals surface area (Å²) >= 11 is 7.29. The van der Waals surface area contributed by atoms with E-state index in [0.29, 0.717) is 9.72 Å². The van der Waals surface area contributed by atoms with E-state index in [0.717, 1.165) is 16.8 Å². The largest absolute Gasteiger partial charge is 0.348 e. The number of hydrogen-bond donors (Lipinski definition) is 1. The number of hydrogen-bond acceptors (Lipinski definition) is 3. The zero-order valence-corrected chi connectivity index (χ0v) is 14.9. The van der Waals surface area contributed by atoms with E-state index in [1.807, 2.05) is 42.0 Å². The average Bonchev–Trinajstić information content (AvgIpc) is 3.02. The number of nitrogens with zero attached hydrogens (tertiary/aromatic N) is 1. The minimum atomic E-state index is -0.118. The molecule has 1 amide bonds. The molecule has 0 aliphatic heterocycles. The molecule has 1 aromatic carbocycles. The lowest BCUT2D eigenvalue weighted by molar-refractivity contribution is -0.122. The van der Waals surface area contributed by atoms with Crippen molar-refractivity contribution in [3.05, 3.63) is 68.3 Å². The lowest BCUT2D eigenvalue weighted by Gasteiger charge is -2.17. The molecule has 3 rings (SSSR count). The average molecular weight is 361 g/mol. The molecule has 4 nitrogen and oxygen atoms in total. The molecule has 1 N–H and O–H groups in total. The fourth-order valence-electron chi connectivity index (χ4n) is 2.70. The number of aryl methyl sites for hydroxylation is 1. The molecule has 124 valence electrons. The van der Waals surface area contributed by atoms with Crippen LogP contribution in [0.2, 0.25) is 5.02 Å². The van der Waals surface area contributed by atoms with Crippen molar-refractivity contribution in [1.29, 1.82) is 0 Å². The van der Waals surface area contributed by atoms with Crippen LogP contribution in [0.3, 0.4) is 0 Å². The second-order valence-electron chi connectivity index (χ2n) is 5.71. The lowest BCUT2D eigenvalue weighted by atomic mass is 10.1. The summed E-state index contributed by atoms with van der Waals surface area (Å²) in [5, 5.41) is 5.52. The van der Waals surface area contributed by atoms with Crippen molar-refractivity contribution in [2.24, 2.45) is 0 Å². The third-order valence-electron chi connectivity index (χ3n) is 3.97. The predicted octanol–water partition coefficient (Wildman–Crippen LogP) is 3.90. The van der Waals surface area contributed by atoms with Gasteiger partial charge in [0.05, 0.1) is 16.3 Å². The maximum absolute atomic E-state index is 12.4. The van der Waals surface area contributed by atoms with Gasteiger partial charge in [0.1, 0.15) is 6.54 Å². The van der Waals surface area contributed by atoms with Gasteiger partial charge in [-0.2, -0.15) is 0 Å². The number of fused-ring (bicyclic) bond motifs is 1. The van der Waals surface area contributed by atoms with E-state index in [4.69, 9.17) is 11.6 Å². The topological polar surface area (TPSA) is 51.1 Å². The molecule has 6 heteroatoms. The molecule has 0 radical (unpaired) electrons. The summed E-state index contributed by atoms with van der Waals surface area (Å²) in [5.41, 5.74) is 2.58. The molecule has 0 aliphatic rings. The highest BCUT2D eigenvalue weighted by atomic mass is 35.5. The zero-order valence-electron chi connectivity index (χ0n) is 13.4. The first kappa shape index (κ1) is 16.7. The maximum Gasteiger partial charge on any atom is 0.240 e. The van der Waals surface area contributed by atoms with Crippen molar-refractivity contribution >= 4 is 39.1 Å². The Bertz CT molecular complexity index is 944. The Labute approximate surface area is 148 Å². The lowest BCUT2D eigenvalue weighted by Crippen LogP contribution is -2.31. The van der Waals surface area contributed by atoms with Crippen LogP contribution in [0.1, 0.15) is 24.2 Å². The van der Waals surface area contributed by atoms with Crippen molar-refractivity contribution in [1.82, 2.24) is 9.88 Å². The zero-order chi connectivity index (χ0) is 17.3. The van der Waals surface area contributed by atoms with Crippen LogP contribution in [0.4, 0.5) is 0 Å². The van der Waals surface area contributed by atoms with Gasteiger partial charge >= 0.3 is 0 Å². The van der Waals surface area contributed by atoms with E-state index in [1.54, 1.807) is 18.2 Å². The van der Waals surface area contributed by atoms with E-state index in [9.17, 15) is 9.59 Å². The summed E-state index contributed by atoms with van der Waals surface area (Å²) in [5.74, 6) is -0.100. The van der Waals surface area contributed by atoms with Gasteiger partial charge in [0, 0.05) is 16.8 Å². The number of carbonyl (C=O) groups excluding carboxylic acids is 1. The summed E-state index contributed by atoms with van der Waals surface area (Å²) in [6, 6.07) is 10.7. The van der Waals surface area contributed by atoms with Gasteiger partial charge in [0.25, 0.3) is 0 Å². The fraction of sp³-hybridized carbons (Fsp3) is 0.222. The van der Waals surface area contributed by atoms with E-state index in [1.165, 1.54) is 11.3 Å². The Morgan fingerprint density at radius 3 is 2.71 bits per heavy atom. The van der Waals surface area contributed by atoms with Crippen LogP contribution >= 0.6 is 22.9 Å². The second-order valence-corrected chi connectivity index (χ2v) is 7.06. The van der Waals surface area contributed by atoms with Crippen molar-refractivity contribution in [2.45, 2.75) is 26.4 Å². The Kier molecular flexibility index (Phi) is 4.73. The first-order valence-electron chi connectivity index (χ1n) is 7.58. The van der Waals surface area contributed by atoms with E-state index in [-0.39, 0.29) is 23.9 Å². The highest BCUT2D eigenvalue weighted by Crippen LogP contribution is 2.19.